The molecule has 1 aliphatic heterocycles. The third-order valence-electron chi connectivity index (χ3n) is 1.20. The van der Waals surface area contributed by atoms with Gasteiger partial charge in [-0.1, -0.05) is 0 Å². The maximum atomic E-state index is 8.34. The summed E-state index contributed by atoms with van der Waals surface area (Å²) >= 11 is 0. The summed E-state index contributed by atoms with van der Waals surface area (Å²) in [7, 11) is 0. The minimum atomic E-state index is 0. The van der Waals surface area contributed by atoms with Gasteiger partial charge in [-0.3, -0.25) is 5.32 Å². The number of rotatable bonds is 0. The number of nitrogens with zero attached hydrogens (tertiary/aromatic N) is 1. The van der Waals surface area contributed by atoms with Gasteiger partial charge in [0.05, 0.1) is 6.07 Å². The van der Waals surface area contributed by atoms with Crippen LogP contribution in [0, 0.1) is 11.3 Å². The van der Waals surface area contributed by atoms with Crippen LogP contribution in [0.3, 0.4) is 0 Å². The van der Waals surface area contributed by atoms with E-state index in [0.29, 0.717) is 0 Å². The number of nitrogens with one attached hydrogen (secondary N) is 2. The van der Waals surface area contributed by atoms with Gasteiger partial charge in [0.2, 0.25) is 0 Å². The molecule has 1 atom stereocenters. The van der Waals surface area contributed by atoms with Crippen LogP contribution < -0.4 is 10.6 Å². The van der Waals surface area contributed by atoms with Crippen LogP contribution in [0.5, 0.6) is 0 Å². The molecule has 1 heterocycles. The largest absolute Gasteiger partial charge is 0.313 e. The van der Waals surface area contributed by atoms with E-state index in [0.717, 1.165) is 19.6 Å². The van der Waals surface area contributed by atoms with Crippen LogP contribution in [0.25, 0.3) is 0 Å². The molecule has 0 amide bonds. The van der Waals surface area contributed by atoms with Gasteiger partial charge in [-0.15, -0.1) is 12.4 Å². The van der Waals surface area contributed by atoms with Crippen molar-refractivity contribution in [3.05, 3.63) is 0 Å². The van der Waals surface area contributed by atoms with Gasteiger partial charge in [0, 0.05) is 19.6 Å². The molecule has 0 aromatic carbocycles. The van der Waals surface area contributed by atoms with Crippen LogP contribution in [0.1, 0.15) is 0 Å². The van der Waals surface area contributed by atoms with Crippen molar-refractivity contribution in [2.24, 2.45) is 0 Å². The molecule has 4 heteroatoms. The van der Waals surface area contributed by atoms with Gasteiger partial charge in [0.1, 0.15) is 6.04 Å². The molecule has 0 aliphatic carbocycles. The second-order valence-electron chi connectivity index (χ2n) is 1.84. The first-order valence-corrected chi connectivity index (χ1v) is 2.77. The molecule has 0 bridgehead atoms. The summed E-state index contributed by atoms with van der Waals surface area (Å²) in [6, 6.07) is 2.16. The summed E-state index contributed by atoms with van der Waals surface area (Å²) in [6.45, 7) is 2.69. The molecule has 0 radical (unpaired) electrons. The SMILES string of the molecule is Cl.N#C[C@H]1CNCCN1. The van der Waals surface area contributed by atoms with Crippen LogP contribution >= 0.6 is 12.4 Å². The van der Waals surface area contributed by atoms with Crippen molar-refractivity contribution in [3.63, 3.8) is 0 Å². The highest BCUT2D eigenvalue weighted by Crippen LogP contribution is 1.81. The van der Waals surface area contributed by atoms with Crippen LogP contribution in [-0.2, 0) is 0 Å². The fourth-order valence-corrected chi connectivity index (χ4v) is 0.745. The summed E-state index contributed by atoms with van der Waals surface area (Å²) in [5, 5.41) is 14.5. The Labute approximate surface area is 60.8 Å². The normalized spacial score (nSPS) is 25.9. The lowest BCUT2D eigenvalue weighted by Gasteiger charge is -2.17. The summed E-state index contributed by atoms with van der Waals surface area (Å²) in [5.74, 6) is 0. The van der Waals surface area contributed by atoms with Gasteiger partial charge in [-0.05, 0) is 0 Å². The Kier molecular flexibility index (Phi) is 4.41. The molecule has 9 heavy (non-hydrogen) atoms. The molecular weight excluding hydrogens is 138 g/mol. The Morgan fingerprint density at radius 1 is 1.44 bits per heavy atom. The van der Waals surface area contributed by atoms with E-state index in [1.165, 1.54) is 0 Å². The lowest BCUT2D eigenvalue weighted by molar-refractivity contribution is 0.477. The summed E-state index contributed by atoms with van der Waals surface area (Å²) in [5.41, 5.74) is 0. The quantitative estimate of drug-likeness (QED) is 0.486. The number of nitriles is 1. The van der Waals surface area contributed by atoms with Crippen molar-refractivity contribution >= 4 is 12.4 Å². The topological polar surface area (TPSA) is 47.9 Å². The maximum absolute atomic E-state index is 8.34. The summed E-state index contributed by atoms with van der Waals surface area (Å²) in [4.78, 5) is 0. The van der Waals surface area contributed by atoms with E-state index in [4.69, 9.17) is 5.26 Å². The van der Waals surface area contributed by atoms with Gasteiger partial charge < -0.3 is 5.32 Å². The van der Waals surface area contributed by atoms with E-state index in [-0.39, 0.29) is 18.4 Å². The van der Waals surface area contributed by atoms with E-state index in [2.05, 4.69) is 16.7 Å². The number of halogens is 1. The molecule has 0 spiro atoms. The Balaban J connectivity index is 0.000000640. The maximum Gasteiger partial charge on any atom is 0.108 e. The van der Waals surface area contributed by atoms with Crippen LogP contribution in [0.4, 0.5) is 0 Å². The van der Waals surface area contributed by atoms with Gasteiger partial charge in [-0.25, -0.2) is 0 Å². The molecule has 1 aliphatic rings. The molecular formula is C5H10ClN3. The number of piperazine rings is 1. The first-order valence-electron chi connectivity index (χ1n) is 2.77. The molecule has 0 aromatic rings. The zero-order chi connectivity index (χ0) is 5.82. The molecule has 2 N–H and O–H groups in total. The van der Waals surface area contributed by atoms with Crippen LogP contribution in [0.15, 0.2) is 0 Å². The predicted molar refractivity (Wildman–Crippen MR) is 37.5 cm³/mol. The zero-order valence-corrected chi connectivity index (χ0v) is 5.87. The van der Waals surface area contributed by atoms with E-state index in [1.807, 2.05) is 0 Å². The number of hydrogen-bond donors (Lipinski definition) is 2. The molecule has 0 saturated carbocycles. The lowest BCUT2D eigenvalue weighted by atomic mass is 10.3. The molecule has 0 unspecified atom stereocenters. The van der Waals surface area contributed by atoms with Gasteiger partial charge in [-0.2, -0.15) is 5.26 Å². The Morgan fingerprint density at radius 3 is 2.56 bits per heavy atom. The fourth-order valence-electron chi connectivity index (χ4n) is 0.745. The average molecular weight is 148 g/mol. The monoisotopic (exact) mass is 147 g/mol. The summed E-state index contributed by atoms with van der Waals surface area (Å²) < 4.78 is 0. The highest BCUT2D eigenvalue weighted by Gasteiger charge is 2.08. The molecule has 3 nitrogen and oxygen atoms in total. The predicted octanol–water partition coefficient (Wildman–Crippen LogP) is -0.507. The molecule has 1 saturated heterocycles. The Morgan fingerprint density at radius 2 is 2.22 bits per heavy atom. The highest BCUT2D eigenvalue weighted by molar-refractivity contribution is 5.85. The third kappa shape index (κ3) is 2.66. The highest BCUT2D eigenvalue weighted by atomic mass is 35.5. The third-order valence-corrected chi connectivity index (χ3v) is 1.20. The molecule has 1 rings (SSSR count). The van der Waals surface area contributed by atoms with E-state index < -0.39 is 0 Å². The van der Waals surface area contributed by atoms with Gasteiger partial charge >= 0.3 is 0 Å². The van der Waals surface area contributed by atoms with Crippen molar-refractivity contribution in [1.29, 1.82) is 5.26 Å². The van der Waals surface area contributed by atoms with E-state index >= 15 is 0 Å². The Bertz CT molecular complexity index is 103. The van der Waals surface area contributed by atoms with E-state index in [9.17, 15) is 0 Å². The average Bonchev–Trinajstić information content (AvgIpc) is 1.90. The standard InChI is InChI=1S/C5H9N3.ClH/c6-3-5-4-7-1-2-8-5;/h5,7-8H,1-2,4H2;1H/t5-;/m0./s1. The molecule has 1 fully saturated rings. The lowest BCUT2D eigenvalue weighted by Crippen LogP contribution is -2.47. The number of hydrogen-bond acceptors (Lipinski definition) is 3. The molecule has 0 aromatic heterocycles. The Hall–Kier alpha value is -0.300. The minimum absolute atomic E-state index is 0. The van der Waals surface area contributed by atoms with Crippen molar-refractivity contribution in [2.75, 3.05) is 19.6 Å². The van der Waals surface area contributed by atoms with Gasteiger partial charge in [0.15, 0.2) is 0 Å². The smallest absolute Gasteiger partial charge is 0.108 e. The first kappa shape index (κ1) is 8.70. The van der Waals surface area contributed by atoms with Crippen molar-refractivity contribution in [1.82, 2.24) is 10.6 Å². The van der Waals surface area contributed by atoms with Crippen molar-refractivity contribution in [3.8, 4) is 6.07 Å². The second-order valence-corrected chi connectivity index (χ2v) is 1.84. The zero-order valence-electron chi connectivity index (χ0n) is 5.05. The van der Waals surface area contributed by atoms with Crippen LogP contribution in [0.2, 0.25) is 0 Å². The van der Waals surface area contributed by atoms with Crippen LogP contribution in [-0.4, -0.2) is 25.7 Å². The van der Waals surface area contributed by atoms with E-state index in [1.54, 1.807) is 0 Å². The fraction of sp³-hybridized carbons (Fsp3) is 0.800. The second kappa shape index (κ2) is 4.57. The molecule has 52 valence electrons. The van der Waals surface area contributed by atoms with Crippen molar-refractivity contribution in [2.45, 2.75) is 6.04 Å². The summed E-state index contributed by atoms with van der Waals surface area (Å²) in [6.07, 6.45) is 0. The van der Waals surface area contributed by atoms with Crippen molar-refractivity contribution < 1.29 is 0 Å². The first-order chi connectivity index (χ1) is 3.93. The van der Waals surface area contributed by atoms with Gasteiger partial charge in [0.25, 0.3) is 0 Å². The minimum Gasteiger partial charge on any atom is -0.313 e.